The molecule has 0 aliphatic carbocycles. The summed E-state index contributed by atoms with van der Waals surface area (Å²) in [6, 6.07) is 26.1. The van der Waals surface area contributed by atoms with Crippen molar-refractivity contribution in [1.29, 1.82) is 0 Å². The van der Waals surface area contributed by atoms with Gasteiger partial charge in [-0.3, -0.25) is 0 Å². The van der Waals surface area contributed by atoms with E-state index in [0.29, 0.717) is 28.8 Å². The Kier molecular flexibility index (Phi) is 7.26. The first-order chi connectivity index (χ1) is 17.9. The van der Waals surface area contributed by atoms with Crippen molar-refractivity contribution in [2.24, 2.45) is 10.2 Å². The monoisotopic (exact) mass is 532 g/mol. The Labute approximate surface area is 227 Å². The van der Waals surface area contributed by atoms with Gasteiger partial charge in [-0.25, -0.2) is 14.8 Å². The van der Waals surface area contributed by atoms with Crippen LogP contribution in [0.5, 0.6) is 0 Å². The van der Waals surface area contributed by atoms with Crippen molar-refractivity contribution in [3.05, 3.63) is 95.0 Å². The van der Waals surface area contributed by atoms with Crippen LogP contribution in [0.3, 0.4) is 0 Å². The number of ether oxygens (including phenoxy) is 1. The van der Waals surface area contributed by atoms with Crippen molar-refractivity contribution in [2.75, 3.05) is 16.6 Å². The summed E-state index contributed by atoms with van der Waals surface area (Å²) in [6.45, 7) is 6.46. The fourth-order valence-electron chi connectivity index (χ4n) is 4.52. The van der Waals surface area contributed by atoms with E-state index in [1.807, 2.05) is 64.6 Å². The van der Waals surface area contributed by atoms with Gasteiger partial charge in [0.1, 0.15) is 0 Å². The number of halogens is 1. The zero-order valence-electron chi connectivity index (χ0n) is 21.1. The molecule has 0 saturated heterocycles. The smallest absolute Gasteiger partial charge is 0.365 e. The summed E-state index contributed by atoms with van der Waals surface area (Å²) in [7, 11) is 0. The highest BCUT2D eigenvalue weighted by Gasteiger charge is 2.53. The van der Waals surface area contributed by atoms with Gasteiger partial charge < -0.3 is 4.74 Å². The topological polar surface area (TPSA) is 57.5 Å². The maximum absolute atomic E-state index is 12.8. The van der Waals surface area contributed by atoms with Crippen LogP contribution in [0.2, 0.25) is 5.02 Å². The Morgan fingerprint density at radius 3 is 2.27 bits per heavy atom. The maximum Gasteiger partial charge on any atom is 0.365 e. The molecule has 0 aromatic heterocycles. The second-order valence-corrected chi connectivity index (χ2v) is 10.9. The van der Waals surface area contributed by atoms with E-state index >= 15 is 0 Å². The molecule has 2 aliphatic heterocycles. The van der Waals surface area contributed by atoms with Crippen molar-refractivity contribution in [3.8, 4) is 0 Å². The van der Waals surface area contributed by atoms with E-state index in [9.17, 15) is 4.79 Å². The largest absolute Gasteiger partial charge is 0.461 e. The number of esters is 1. The molecule has 0 unspecified atom stereocenters. The maximum atomic E-state index is 12.8. The van der Waals surface area contributed by atoms with Gasteiger partial charge >= 0.3 is 5.97 Å². The van der Waals surface area contributed by atoms with Gasteiger partial charge in [-0.2, -0.15) is 10.2 Å². The van der Waals surface area contributed by atoms with Gasteiger partial charge in [-0.15, -0.1) is 0 Å². The highest BCUT2D eigenvalue weighted by molar-refractivity contribution is 8.17. The van der Waals surface area contributed by atoms with Gasteiger partial charge in [0.05, 0.1) is 23.7 Å². The first kappa shape index (κ1) is 25.4. The number of hydrogen-bond donors (Lipinski definition) is 0. The molecule has 190 valence electrons. The molecule has 0 N–H and O–H groups in total. The van der Waals surface area contributed by atoms with Gasteiger partial charge in [-0.1, -0.05) is 67.9 Å². The lowest BCUT2D eigenvalue weighted by Crippen LogP contribution is -2.56. The average Bonchev–Trinajstić information content (AvgIpc) is 3.30. The van der Waals surface area contributed by atoms with Crippen molar-refractivity contribution >= 4 is 51.5 Å². The molecule has 5 rings (SSSR count). The number of thioether (sulfide) groups is 1. The van der Waals surface area contributed by atoms with Crippen LogP contribution < -0.4 is 10.0 Å². The number of para-hydroxylation sites is 1. The molecule has 2 aliphatic rings. The number of rotatable bonds is 6. The molecule has 0 amide bonds. The summed E-state index contributed by atoms with van der Waals surface area (Å²) in [5.74, 6) is 0.0306. The Morgan fingerprint density at radius 1 is 0.973 bits per heavy atom. The lowest BCUT2D eigenvalue weighted by Gasteiger charge is -2.46. The first-order valence-electron chi connectivity index (χ1n) is 12.4. The van der Waals surface area contributed by atoms with E-state index in [1.54, 1.807) is 6.92 Å². The van der Waals surface area contributed by atoms with E-state index in [2.05, 4.69) is 38.1 Å². The van der Waals surface area contributed by atoms with E-state index in [1.165, 1.54) is 17.3 Å². The van der Waals surface area contributed by atoms with Gasteiger partial charge in [0, 0.05) is 11.4 Å². The number of hydrogen-bond acceptors (Lipinski definition) is 7. The third-order valence-corrected chi connectivity index (χ3v) is 8.02. The third-order valence-electron chi connectivity index (χ3n) is 6.45. The molecule has 1 atom stereocenters. The summed E-state index contributed by atoms with van der Waals surface area (Å²) in [5.41, 5.74) is 5.10. The standard InChI is InChI=1S/C29H29ClN4O2S/c1-4-36-28(35)27-32-34(25-16-14-23(30)15-17-25)29(37-27)19-18-26(22-12-10-21(11-13-22)20(2)3)31-33(29)24-8-6-5-7-9-24/h5-17,20H,4,18-19H2,1-3H3/t29-/m1/s1. The van der Waals surface area contributed by atoms with Crippen LogP contribution >= 0.6 is 23.4 Å². The molecule has 2 heterocycles. The molecule has 0 bridgehead atoms. The molecule has 1 spiro atoms. The highest BCUT2D eigenvalue weighted by atomic mass is 35.5. The quantitative estimate of drug-likeness (QED) is 0.313. The van der Waals surface area contributed by atoms with E-state index in [0.717, 1.165) is 22.6 Å². The van der Waals surface area contributed by atoms with Gasteiger partial charge in [-0.05, 0) is 78.5 Å². The zero-order chi connectivity index (χ0) is 26.0. The Morgan fingerprint density at radius 2 is 1.62 bits per heavy atom. The summed E-state index contributed by atoms with van der Waals surface area (Å²) in [6.07, 6.45) is 1.39. The van der Waals surface area contributed by atoms with Crippen molar-refractivity contribution in [2.45, 2.75) is 44.5 Å². The SMILES string of the molecule is CCOC(=O)C1=NN(c2ccc(Cl)cc2)[C@]2(CCC(c3ccc(C(C)C)cc3)=NN2c2ccccc2)S1. The molecule has 6 nitrogen and oxygen atoms in total. The summed E-state index contributed by atoms with van der Waals surface area (Å²) in [4.78, 5) is 12.0. The first-order valence-corrected chi connectivity index (χ1v) is 13.6. The molecular formula is C29H29ClN4O2S. The Bertz CT molecular complexity index is 1330. The molecule has 37 heavy (non-hydrogen) atoms. The van der Waals surface area contributed by atoms with Crippen LogP contribution in [-0.2, 0) is 9.53 Å². The molecule has 3 aromatic carbocycles. The Balaban J connectivity index is 1.62. The molecular weight excluding hydrogens is 504 g/mol. The molecule has 0 saturated carbocycles. The van der Waals surface area contributed by atoms with E-state index < -0.39 is 11.0 Å². The van der Waals surface area contributed by atoms with Crippen LogP contribution in [-0.4, -0.2) is 28.3 Å². The summed E-state index contributed by atoms with van der Waals surface area (Å²) < 4.78 is 5.33. The van der Waals surface area contributed by atoms with Crippen molar-refractivity contribution < 1.29 is 9.53 Å². The highest BCUT2D eigenvalue weighted by Crippen LogP contribution is 2.50. The number of carbonyl (C=O) groups is 1. The lowest BCUT2D eigenvalue weighted by atomic mass is 9.97. The van der Waals surface area contributed by atoms with Gasteiger partial charge in [0.25, 0.3) is 0 Å². The number of anilines is 2. The zero-order valence-corrected chi connectivity index (χ0v) is 22.7. The summed E-state index contributed by atoms with van der Waals surface area (Å²) >= 11 is 7.58. The minimum absolute atomic E-state index is 0.281. The average molecular weight is 533 g/mol. The van der Waals surface area contributed by atoms with E-state index in [-0.39, 0.29) is 6.61 Å². The van der Waals surface area contributed by atoms with Crippen LogP contribution in [0, 0.1) is 0 Å². The fourth-order valence-corrected chi connectivity index (χ4v) is 5.89. The number of benzene rings is 3. The van der Waals surface area contributed by atoms with Gasteiger partial charge in [0.2, 0.25) is 10.0 Å². The normalized spacial score (nSPS) is 19.3. The molecule has 0 fully saturated rings. The number of carbonyl (C=O) groups excluding carboxylic acids is 1. The van der Waals surface area contributed by atoms with Crippen LogP contribution in [0.1, 0.15) is 50.7 Å². The molecule has 8 heteroatoms. The lowest BCUT2D eigenvalue weighted by molar-refractivity contribution is -0.134. The van der Waals surface area contributed by atoms with Crippen LogP contribution in [0.15, 0.2) is 89.1 Å². The molecule has 3 aromatic rings. The van der Waals surface area contributed by atoms with Crippen LogP contribution in [0.4, 0.5) is 11.4 Å². The summed E-state index contributed by atoms with van der Waals surface area (Å²) in [5, 5.41) is 14.8. The van der Waals surface area contributed by atoms with Crippen LogP contribution in [0.25, 0.3) is 0 Å². The van der Waals surface area contributed by atoms with E-state index in [4.69, 9.17) is 26.5 Å². The molecule has 0 radical (unpaired) electrons. The predicted octanol–water partition coefficient (Wildman–Crippen LogP) is 7.25. The number of hydrazone groups is 2. The second kappa shape index (κ2) is 10.6. The number of nitrogens with zero attached hydrogens (tertiary/aromatic N) is 4. The fraction of sp³-hybridized carbons (Fsp3) is 0.276. The van der Waals surface area contributed by atoms with Crippen molar-refractivity contribution in [3.63, 3.8) is 0 Å². The minimum atomic E-state index is -0.793. The predicted molar refractivity (Wildman–Crippen MR) is 154 cm³/mol. The third kappa shape index (κ3) is 4.98. The van der Waals surface area contributed by atoms with Gasteiger partial charge in [0.15, 0.2) is 0 Å². The minimum Gasteiger partial charge on any atom is -0.461 e. The Hall–Kier alpha value is -3.29. The second-order valence-electron chi connectivity index (χ2n) is 9.23. The van der Waals surface area contributed by atoms with Crippen molar-refractivity contribution in [1.82, 2.24) is 0 Å².